The first-order valence-corrected chi connectivity index (χ1v) is 9.32. The number of ether oxygens (including phenoxy) is 2. The van der Waals surface area contributed by atoms with Gasteiger partial charge in [0.05, 0.1) is 12.7 Å². The topological polar surface area (TPSA) is 102 Å². The van der Waals surface area contributed by atoms with E-state index in [0.717, 1.165) is 12.1 Å². The first kappa shape index (κ1) is 21.4. The maximum absolute atomic E-state index is 12.1. The van der Waals surface area contributed by atoms with Crippen LogP contribution in [0.2, 0.25) is 0 Å². The highest BCUT2D eigenvalue weighted by molar-refractivity contribution is 5.96. The number of rotatable bonds is 8. The maximum atomic E-state index is 12.1. The molecule has 1 aromatic carbocycles. The minimum atomic E-state index is -0.793. The summed E-state index contributed by atoms with van der Waals surface area (Å²) in [6.45, 7) is 3.88. The van der Waals surface area contributed by atoms with Crippen LogP contribution in [0.3, 0.4) is 0 Å². The number of hydrogen-bond acceptors (Lipinski definition) is 6. The van der Waals surface area contributed by atoms with Crippen LogP contribution in [0, 0.1) is 5.92 Å². The molecular formula is C20H26N2O6. The van der Waals surface area contributed by atoms with E-state index in [2.05, 4.69) is 5.32 Å². The Kier molecular flexibility index (Phi) is 7.54. The molecule has 0 saturated carbocycles. The molecule has 1 aliphatic rings. The average molecular weight is 390 g/mol. The van der Waals surface area contributed by atoms with E-state index in [1.54, 1.807) is 29.2 Å². The summed E-state index contributed by atoms with van der Waals surface area (Å²) in [4.78, 5) is 49.4. The molecule has 8 nitrogen and oxygen atoms in total. The molecule has 2 atom stereocenters. The molecule has 0 bridgehead atoms. The van der Waals surface area contributed by atoms with Crippen molar-refractivity contribution in [2.45, 2.75) is 39.2 Å². The van der Waals surface area contributed by atoms with E-state index in [9.17, 15) is 19.2 Å². The molecule has 28 heavy (non-hydrogen) atoms. The number of esters is 2. The molecule has 2 unspecified atom stereocenters. The number of carbonyl (C=O) groups is 4. The van der Waals surface area contributed by atoms with Crippen molar-refractivity contribution in [2.75, 3.05) is 25.2 Å². The number of anilines is 1. The number of benzene rings is 1. The predicted molar refractivity (Wildman–Crippen MR) is 102 cm³/mol. The van der Waals surface area contributed by atoms with Gasteiger partial charge in [0.1, 0.15) is 6.04 Å². The number of nitrogens with one attached hydrogen (secondary N) is 1. The Balaban J connectivity index is 1.89. The summed E-state index contributed by atoms with van der Waals surface area (Å²) in [6, 6.07) is 5.67. The van der Waals surface area contributed by atoms with Crippen LogP contribution in [0.1, 0.15) is 43.5 Å². The smallest absolute Gasteiger partial charge is 0.338 e. The molecule has 0 spiro atoms. The molecule has 0 radical (unpaired) electrons. The van der Waals surface area contributed by atoms with Gasteiger partial charge in [-0.25, -0.2) is 9.59 Å². The molecule has 1 aliphatic heterocycles. The third kappa shape index (κ3) is 5.31. The van der Waals surface area contributed by atoms with Gasteiger partial charge >= 0.3 is 11.9 Å². The van der Waals surface area contributed by atoms with Gasteiger partial charge in [-0.3, -0.25) is 9.59 Å². The van der Waals surface area contributed by atoms with Crippen molar-refractivity contribution in [2.24, 2.45) is 5.92 Å². The molecule has 1 heterocycles. The first-order valence-electron chi connectivity index (χ1n) is 9.32. The van der Waals surface area contributed by atoms with Crippen molar-refractivity contribution in [1.82, 2.24) is 5.32 Å². The highest BCUT2D eigenvalue weighted by Crippen LogP contribution is 2.21. The fourth-order valence-electron chi connectivity index (χ4n) is 2.92. The second kappa shape index (κ2) is 9.87. The van der Waals surface area contributed by atoms with Crippen molar-refractivity contribution in [3.05, 3.63) is 29.8 Å². The summed E-state index contributed by atoms with van der Waals surface area (Å²) in [5.74, 6) is -1.83. The molecule has 2 rings (SSSR count). The fourth-order valence-corrected chi connectivity index (χ4v) is 2.92. The van der Waals surface area contributed by atoms with Crippen molar-refractivity contribution < 1.29 is 28.7 Å². The predicted octanol–water partition coefficient (Wildman–Crippen LogP) is 1.67. The second-order valence-electron chi connectivity index (χ2n) is 6.73. The van der Waals surface area contributed by atoms with Crippen LogP contribution < -0.4 is 10.2 Å². The van der Waals surface area contributed by atoms with Crippen molar-refractivity contribution in [3.63, 3.8) is 0 Å². The monoisotopic (exact) mass is 390 g/mol. The van der Waals surface area contributed by atoms with Gasteiger partial charge in [0.15, 0.2) is 6.61 Å². The largest absolute Gasteiger partial charge is 0.467 e. The summed E-state index contributed by atoms with van der Waals surface area (Å²) in [5, 5.41) is 2.54. The van der Waals surface area contributed by atoms with E-state index in [1.807, 2.05) is 13.8 Å². The quantitative estimate of drug-likeness (QED) is 0.678. The summed E-state index contributed by atoms with van der Waals surface area (Å²) < 4.78 is 9.72. The lowest BCUT2D eigenvalue weighted by molar-refractivity contribution is -0.147. The lowest BCUT2D eigenvalue weighted by Gasteiger charge is -2.21. The fraction of sp³-hybridized carbons (Fsp3) is 0.500. The summed E-state index contributed by atoms with van der Waals surface area (Å²) in [7, 11) is 1.25. The van der Waals surface area contributed by atoms with Gasteiger partial charge < -0.3 is 19.7 Å². The van der Waals surface area contributed by atoms with Crippen LogP contribution >= 0.6 is 0 Å². The Morgan fingerprint density at radius 2 is 1.89 bits per heavy atom. The van der Waals surface area contributed by atoms with E-state index < -0.39 is 30.5 Å². The van der Waals surface area contributed by atoms with Gasteiger partial charge in [0, 0.05) is 18.7 Å². The Bertz CT molecular complexity index is 731. The van der Waals surface area contributed by atoms with Gasteiger partial charge in [-0.05, 0) is 36.6 Å². The standard InChI is InChI=1S/C20H26N2O6/c1-4-13(2)18(20(26)27-3)21-16(23)12-28-19(25)14-7-9-15(10-8-14)22-11-5-6-17(22)24/h7-10,13,18H,4-6,11-12H2,1-3H3,(H,21,23). The van der Waals surface area contributed by atoms with E-state index in [4.69, 9.17) is 9.47 Å². The zero-order chi connectivity index (χ0) is 20.7. The molecule has 1 aromatic rings. The van der Waals surface area contributed by atoms with Gasteiger partial charge in [-0.15, -0.1) is 0 Å². The Labute approximate surface area is 164 Å². The van der Waals surface area contributed by atoms with Gasteiger partial charge in [0.2, 0.25) is 5.91 Å². The van der Waals surface area contributed by atoms with Crippen molar-refractivity contribution in [1.29, 1.82) is 0 Å². The number of methoxy groups -OCH3 is 1. The highest BCUT2D eigenvalue weighted by atomic mass is 16.5. The molecular weight excluding hydrogens is 364 g/mol. The minimum absolute atomic E-state index is 0.0634. The van der Waals surface area contributed by atoms with Gasteiger partial charge in [-0.1, -0.05) is 20.3 Å². The zero-order valence-corrected chi connectivity index (χ0v) is 16.4. The third-order valence-corrected chi connectivity index (χ3v) is 4.81. The van der Waals surface area contributed by atoms with Crippen molar-refractivity contribution in [3.8, 4) is 0 Å². The first-order chi connectivity index (χ1) is 13.4. The molecule has 0 aromatic heterocycles. The third-order valence-electron chi connectivity index (χ3n) is 4.81. The average Bonchev–Trinajstić information content (AvgIpc) is 3.15. The van der Waals surface area contributed by atoms with E-state index in [-0.39, 0.29) is 17.4 Å². The zero-order valence-electron chi connectivity index (χ0n) is 16.4. The summed E-state index contributed by atoms with van der Waals surface area (Å²) in [6.07, 6.45) is 2.02. The lowest BCUT2D eigenvalue weighted by atomic mass is 9.99. The van der Waals surface area contributed by atoms with E-state index >= 15 is 0 Å². The van der Waals surface area contributed by atoms with Gasteiger partial charge in [-0.2, -0.15) is 0 Å². The Hall–Kier alpha value is -2.90. The van der Waals surface area contributed by atoms with E-state index in [1.165, 1.54) is 7.11 Å². The molecule has 8 heteroatoms. The second-order valence-corrected chi connectivity index (χ2v) is 6.73. The number of nitrogens with zero attached hydrogens (tertiary/aromatic N) is 1. The van der Waals surface area contributed by atoms with Gasteiger partial charge in [0.25, 0.3) is 5.91 Å². The maximum Gasteiger partial charge on any atom is 0.338 e. The Morgan fingerprint density at radius 1 is 1.21 bits per heavy atom. The number of hydrogen-bond donors (Lipinski definition) is 1. The number of carbonyl (C=O) groups excluding carboxylic acids is 4. The summed E-state index contributed by atoms with van der Waals surface area (Å²) >= 11 is 0. The normalized spacial score (nSPS) is 15.7. The summed E-state index contributed by atoms with van der Waals surface area (Å²) in [5.41, 5.74) is 1.00. The minimum Gasteiger partial charge on any atom is -0.467 e. The van der Waals surface area contributed by atoms with E-state index in [0.29, 0.717) is 19.4 Å². The van der Waals surface area contributed by atoms with Crippen LogP contribution in [-0.2, 0) is 23.9 Å². The lowest BCUT2D eigenvalue weighted by Crippen LogP contribution is -2.47. The number of amides is 2. The highest BCUT2D eigenvalue weighted by Gasteiger charge is 2.27. The molecule has 0 aliphatic carbocycles. The van der Waals surface area contributed by atoms with Crippen LogP contribution in [0.25, 0.3) is 0 Å². The van der Waals surface area contributed by atoms with Crippen LogP contribution in [0.15, 0.2) is 24.3 Å². The van der Waals surface area contributed by atoms with Crippen LogP contribution in [0.4, 0.5) is 5.69 Å². The molecule has 2 amide bonds. The SMILES string of the molecule is CCC(C)C(NC(=O)COC(=O)c1ccc(N2CCCC2=O)cc1)C(=O)OC. The molecule has 152 valence electrons. The van der Waals surface area contributed by atoms with Crippen LogP contribution in [0.5, 0.6) is 0 Å². The molecule has 1 N–H and O–H groups in total. The Morgan fingerprint density at radius 3 is 2.43 bits per heavy atom. The molecule has 1 saturated heterocycles. The van der Waals surface area contributed by atoms with Crippen LogP contribution in [-0.4, -0.2) is 50.1 Å². The molecule has 1 fully saturated rings. The van der Waals surface area contributed by atoms with Crippen molar-refractivity contribution >= 4 is 29.4 Å².